The number of ether oxygens (including phenoxy) is 1. The van der Waals surface area contributed by atoms with Crippen molar-refractivity contribution in [3.63, 3.8) is 0 Å². The zero-order chi connectivity index (χ0) is 50.0. The van der Waals surface area contributed by atoms with Crippen LogP contribution >= 0.6 is 0 Å². The zero-order valence-electron chi connectivity index (χ0n) is 43.2. The molecular formula is C60H39BN2O. The van der Waals surface area contributed by atoms with Crippen molar-refractivity contribution in [1.29, 1.82) is 0 Å². The Morgan fingerprint density at radius 3 is 1.75 bits per heavy atom. The van der Waals surface area contributed by atoms with E-state index in [-0.39, 0.29) is 41.8 Å². The van der Waals surface area contributed by atoms with Gasteiger partial charge in [0, 0.05) is 39.0 Å². The number of hydrogen-bond acceptors (Lipinski definition) is 2. The summed E-state index contributed by atoms with van der Waals surface area (Å²) in [6.45, 7) is -0.515. The second-order valence-corrected chi connectivity index (χ2v) is 16.1. The molecule has 13 rings (SSSR count). The van der Waals surface area contributed by atoms with Crippen LogP contribution in [0, 0.1) is 0 Å². The summed E-state index contributed by atoms with van der Waals surface area (Å²) in [7, 11) is 0. The Hall–Kier alpha value is -8.34. The molecule has 2 aliphatic rings. The fourth-order valence-corrected chi connectivity index (χ4v) is 9.91. The molecule has 0 unspecified atom stereocenters. The summed E-state index contributed by atoms with van der Waals surface area (Å²) in [6.07, 6.45) is 0. The second kappa shape index (κ2) is 14.6. The Kier molecular flexibility index (Phi) is 6.48. The maximum atomic E-state index is 9.34. The highest BCUT2D eigenvalue weighted by atomic mass is 16.5. The average molecular weight is 824 g/mol. The fraction of sp³-hybridized carbons (Fsp3) is 0. The summed E-state index contributed by atoms with van der Waals surface area (Å²) in [5, 5.41) is 0.917. The molecule has 0 spiro atoms. The third-order valence-corrected chi connectivity index (χ3v) is 12.6. The first kappa shape index (κ1) is 28.3. The van der Waals surface area contributed by atoms with Gasteiger partial charge in [-0.15, -0.1) is 0 Å². The molecule has 10 aromatic carbocycles. The van der Waals surface area contributed by atoms with Crippen LogP contribution in [0.5, 0.6) is 11.5 Å². The summed E-state index contributed by atoms with van der Waals surface area (Å²) < 4.78 is 90.4. The summed E-state index contributed by atoms with van der Waals surface area (Å²) in [5.74, 6) is 0.812. The van der Waals surface area contributed by atoms with Crippen LogP contribution in [0.1, 0.15) is 12.3 Å². The lowest BCUT2D eigenvalue weighted by Crippen LogP contribution is -2.59. The summed E-state index contributed by atoms with van der Waals surface area (Å²) in [6, 6.07) is 57.4. The molecule has 0 atom stereocenters. The number of aromatic nitrogens is 1. The number of nitrogens with zero attached hydrogens (tertiary/aromatic N) is 2. The Labute approximate surface area is 385 Å². The highest BCUT2D eigenvalue weighted by Crippen LogP contribution is 2.51. The van der Waals surface area contributed by atoms with Gasteiger partial charge >= 0.3 is 0 Å². The van der Waals surface area contributed by atoms with E-state index in [1.165, 1.54) is 0 Å². The van der Waals surface area contributed by atoms with Crippen LogP contribution in [0.2, 0.25) is 0 Å². The summed E-state index contributed by atoms with van der Waals surface area (Å²) >= 11 is 0. The zero-order valence-corrected chi connectivity index (χ0v) is 34.2. The number of rotatable bonds is 6. The van der Waals surface area contributed by atoms with Gasteiger partial charge in [0.1, 0.15) is 11.5 Å². The van der Waals surface area contributed by atoms with E-state index in [2.05, 4.69) is 77.7 Å². The monoisotopic (exact) mass is 823 g/mol. The minimum atomic E-state index is -0.515. The third kappa shape index (κ3) is 5.63. The predicted octanol–water partition coefficient (Wildman–Crippen LogP) is 13.9. The highest BCUT2D eigenvalue weighted by molar-refractivity contribution is 6.99. The van der Waals surface area contributed by atoms with E-state index < -0.39 is 24.8 Å². The number of benzene rings is 10. The Morgan fingerprint density at radius 1 is 0.438 bits per heavy atom. The van der Waals surface area contributed by atoms with E-state index in [4.69, 9.17) is 11.6 Å². The number of para-hydroxylation sites is 3. The highest BCUT2D eigenvalue weighted by Gasteiger charge is 2.44. The molecule has 0 bridgehead atoms. The molecule has 3 heterocycles. The topological polar surface area (TPSA) is 17.4 Å². The lowest BCUT2D eigenvalue weighted by Gasteiger charge is -2.42. The van der Waals surface area contributed by atoms with Crippen molar-refractivity contribution in [3.8, 4) is 61.7 Å². The van der Waals surface area contributed by atoms with E-state index in [1.54, 1.807) is 6.07 Å². The van der Waals surface area contributed by atoms with Gasteiger partial charge in [0.05, 0.1) is 29.1 Å². The van der Waals surface area contributed by atoms with Gasteiger partial charge in [-0.1, -0.05) is 200 Å². The molecule has 2 aliphatic heterocycles. The van der Waals surface area contributed by atoms with Gasteiger partial charge in [0.2, 0.25) is 0 Å². The smallest absolute Gasteiger partial charge is 0.256 e. The minimum absolute atomic E-state index is 0.0136. The lowest BCUT2D eigenvalue weighted by atomic mass is 9.34. The molecular weight excluding hydrogens is 775 g/mol. The van der Waals surface area contributed by atoms with Crippen molar-refractivity contribution in [2.45, 2.75) is 0 Å². The quantitative estimate of drug-likeness (QED) is 0.155. The minimum Gasteiger partial charge on any atom is -0.456 e. The molecule has 0 radical (unpaired) electrons. The normalized spacial score (nSPS) is 14.4. The maximum absolute atomic E-state index is 9.34. The number of hydrogen-bond donors (Lipinski definition) is 0. The molecule has 4 heteroatoms. The molecule has 0 fully saturated rings. The van der Waals surface area contributed by atoms with E-state index in [0.717, 1.165) is 61.1 Å². The van der Waals surface area contributed by atoms with E-state index in [1.807, 2.05) is 108 Å². The molecule has 64 heavy (non-hydrogen) atoms. The molecule has 1 aromatic heterocycles. The van der Waals surface area contributed by atoms with Crippen molar-refractivity contribution in [3.05, 3.63) is 236 Å². The van der Waals surface area contributed by atoms with Crippen molar-refractivity contribution < 1.29 is 17.1 Å². The number of fused-ring (bicyclic) bond motifs is 8. The molecule has 0 aliphatic carbocycles. The van der Waals surface area contributed by atoms with Gasteiger partial charge in [-0.25, -0.2) is 0 Å². The first-order valence-electron chi connectivity index (χ1n) is 25.8. The van der Waals surface area contributed by atoms with Gasteiger partial charge in [0.15, 0.2) is 0 Å². The molecule has 0 amide bonds. The maximum Gasteiger partial charge on any atom is 0.256 e. The molecule has 11 aromatic rings. The fourth-order valence-electron chi connectivity index (χ4n) is 9.91. The Bertz CT molecular complexity index is 4030. The molecule has 298 valence electrons. The van der Waals surface area contributed by atoms with Crippen LogP contribution in [-0.2, 0) is 0 Å². The van der Waals surface area contributed by atoms with Crippen LogP contribution in [0.25, 0.3) is 72.0 Å². The van der Waals surface area contributed by atoms with Crippen LogP contribution < -0.4 is 26.0 Å². The first-order valence-corrected chi connectivity index (χ1v) is 21.3. The van der Waals surface area contributed by atoms with Gasteiger partial charge in [-0.05, 0) is 86.1 Å². The van der Waals surface area contributed by atoms with E-state index in [0.29, 0.717) is 50.2 Å². The van der Waals surface area contributed by atoms with Crippen LogP contribution in [-0.4, -0.2) is 11.3 Å². The van der Waals surface area contributed by atoms with Crippen molar-refractivity contribution in [2.75, 3.05) is 4.90 Å². The number of anilines is 3. The van der Waals surface area contributed by atoms with Gasteiger partial charge in [0.25, 0.3) is 6.71 Å². The molecule has 0 saturated carbocycles. The Balaban J connectivity index is 1.21. The predicted molar refractivity (Wildman–Crippen MR) is 268 cm³/mol. The van der Waals surface area contributed by atoms with Gasteiger partial charge < -0.3 is 14.2 Å². The summed E-state index contributed by atoms with van der Waals surface area (Å²) in [4.78, 5) is 2.26. The molecule has 0 N–H and O–H groups in total. The summed E-state index contributed by atoms with van der Waals surface area (Å²) in [5.41, 5.74) is 12.6. The van der Waals surface area contributed by atoms with Crippen molar-refractivity contribution in [2.24, 2.45) is 0 Å². The Morgan fingerprint density at radius 2 is 1.05 bits per heavy atom. The lowest BCUT2D eigenvalue weighted by molar-refractivity contribution is 0.491. The third-order valence-electron chi connectivity index (χ3n) is 12.6. The van der Waals surface area contributed by atoms with Crippen molar-refractivity contribution >= 4 is 62.0 Å². The van der Waals surface area contributed by atoms with Crippen LogP contribution in [0.3, 0.4) is 0 Å². The standard InChI is InChI=1S/C60H39BN2O/c1-6-19-40(20-7-1)44-33-35-51-54(37-44)63(58-47(42-23-10-3-11-24-42)30-18-31-48(58)43-25-12-4-13-26-43)55-38-45(41-21-8-2-9-22-41)39-56-57(55)61(51)52-36-34-50-49-29-16-17-32-53(49)62(59(50)60(52)64-56)46-27-14-5-15-28-46/h1-39H/i2D,8D,9D,16D,17D,21D,22D,29D,32D. The van der Waals surface area contributed by atoms with E-state index in [9.17, 15) is 5.48 Å². The van der Waals surface area contributed by atoms with Gasteiger partial charge in [-0.3, -0.25) is 0 Å². The molecule has 3 nitrogen and oxygen atoms in total. The second-order valence-electron chi connectivity index (χ2n) is 16.1. The first-order chi connectivity index (χ1) is 35.5. The largest absolute Gasteiger partial charge is 0.456 e. The average Bonchev–Trinajstić information content (AvgIpc) is 3.79. The van der Waals surface area contributed by atoms with Crippen LogP contribution in [0.4, 0.5) is 17.1 Å². The van der Waals surface area contributed by atoms with Gasteiger partial charge in [-0.2, -0.15) is 0 Å². The molecule has 0 saturated heterocycles. The van der Waals surface area contributed by atoms with Crippen LogP contribution in [0.15, 0.2) is 236 Å². The van der Waals surface area contributed by atoms with Crippen molar-refractivity contribution in [1.82, 2.24) is 4.57 Å². The van der Waals surface area contributed by atoms with E-state index >= 15 is 0 Å². The SMILES string of the molecule is [2H]c1c([2H])c([2H])c(-c2cc3c4c(c2)N(c2c(-c5ccccc5)cccc2-c2ccccc2)c2cc(-c5ccccc5)ccc2B4c2ccc4c5c([2H])c([2H])c([2H])c([2H])c5n(-c5ccccc5)c4c2O3)c([2H])c1[2H].